The molecule has 0 aliphatic carbocycles. The normalized spacial score (nSPS) is 15.6. The van der Waals surface area contributed by atoms with Gasteiger partial charge in [0.05, 0.1) is 25.1 Å². The second-order valence-electron chi connectivity index (χ2n) is 8.41. The molecule has 0 aliphatic rings. The molecule has 8 heteroatoms. The van der Waals surface area contributed by atoms with Crippen molar-refractivity contribution < 1.29 is 24.3 Å². The molecule has 0 aromatic carbocycles. The fourth-order valence-corrected chi connectivity index (χ4v) is 3.08. The monoisotopic (exact) mass is 399 g/mol. The molecule has 28 heavy (non-hydrogen) atoms. The van der Waals surface area contributed by atoms with Crippen LogP contribution in [0.5, 0.6) is 0 Å². The van der Waals surface area contributed by atoms with Crippen LogP contribution in [-0.4, -0.2) is 77.7 Å². The number of hydrogen-bond donors (Lipinski definition) is 2. The maximum Gasteiger partial charge on any atom is 0.243 e. The highest BCUT2D eigenvalue weighted by molar-refractivity contribution is 5.87. The summed E-state index contributed by atoms with van der Waals surface area (Å²) in [5.74, 6) is -0.489. The Labute approximate surface area is 168 Å². The Morgan fingerprint density at radius 2 is 1.61 bits per heavy atom. The Morgan fingerprint density at radius 3 is 2.00 bits per heavy atom. The van der Waals surface area contributed by atoms with E-state index in [2.05, 4.69) is 5.32 Å². The topological polar surface area (TPSA) is 107 Å². The van der Waals surface area contributed by atoms with E-state index in [1.54, 1.807) is 0 Å². The van der Waals surface area contributed by atoms with Crippen molar-refractivity contribution in [3.63, 3.8) is 0 Å². The zero-order valence-corrected chi connectivity index (χ0v) is 18.3. The number of aliphatic hydroxyl groups excluding tert-OH is 1. The van der Waals surface area contributed by atoms with Crippen molar-refractivity contribution in [2.24, 2.45) is 11.8 Å². The Hall–Kier alpha value is -1.80. The second kappa shape index (κ2) is 11.9. The number of carbonyl (C=O) groups excluding carboxylic acids is 4. The fourth-order valence-electron chi connectivity index (χ4n) is 3.08. The average molecular weight is 400 g/mol. The highest BCUT2D eigenvalue weighted by Gasteiger charge is 2.40. The molecule has 2 N–H and O–H groups in total. The first-order chi connectivity index (χ1) is 12.9. The lowest BCUT2D eigenvalue weighted by Crippen LogP contribution is -2.65. The van der Waals surface area contributed by atoms with E-state index in [4.69, 9.17) is 0 Å². The standard InChI is InChI=1S/C20H37N3O5/c1-14(2)8-17(12-24)21-20(13-25,10-15(3)4)23(7)19(28)11-22(6)18(27)9-16(5)26/h12-17,21,26H,8-11H2,1-7H3. The van der Waals surface area contributed by atoms with E-state index in [-0.39, 0.29) is 30.7 Å². The summed E-state index contributed by atoms with van der Waals surface area (Å²) in [5, 5.41) is 12.4. The first kappa shape index (κ1) is 26.2. The average Bonchev–Trinajstić information content (AvgIpc) is 2.57. The summed E-state index contributed by atoms with van der Waals surface area (Å²) in [5.41, 5.74) is -1.35. The second-order valence-corrected chi connectivity index (χ2v) is 8.41. The van der Waals surface area contributed by atoms with Crippen molar-refractivity contribution in [1.82, 2.24) is 15.1 Å². The molecule has 0 heterocycles. The summed E-state index contributed by atoms with van der Waals surface area (Å²) in [6, 6.07) is -0.575. The number of likely N-dealkylation sites (N-methyl/N-ethyl adjacent to an activating group) is 2. The first-order valence-electron chi connectivity index (χ1n) is 9.76. The van der Waals surface area contributed by atoms with Crippen LogP contribution < -0.4 is 5.32 Å². The first-order valence-corrected chi connectivity index (χ1v) is 9.76. The SMILES string of the molecule is CC(C)CC(C=O)NC(C=O)(CC(C)C)N(C)C(=O)CN(C)C(=O)CC(C)O. The van der Waals surface area contributed by atoms with Gasteiger partial charge in [0.15, 0.2) is 11.9 Å². The third-order valence-corrected chi connectivity index (χ3v) is 4.48. The number of nitrogens with zero attached hydrogens (tertiary/aromatic N) is 2. The lowest BCUT2D eigenvalue weighted by Gasteiger charge is -2.41. The maximum atomic E-state index is 12.8. The molecule has 8 nitrogen and oxygen atoms in total. The molecule has 0 radical (unpaired) electrons. The molecule has 0 saturated heterocycles. The highest BCUT2D eigenvalue weighted by Crippen LogP contribution is 2.21. The predicted molar refractivity (Wildman–Crippen MR) is 107 cm³/mol. The molecule has 2 amide bonds. The Bertz CT molecular complexity index is 536. The number of rotatable bonds is 13. The highest BCUT2D eigenvalue weighted by atomic mass is 16.3. The van der Waals surface area contributed by atoms with Gasteiger partial charge in [-0.25, -0.2) is 0 Å². The van der Waals surface area contributed by atoms with Crippen LogP contribution in [0.2, 0.25) is 0 Å². The van der Waals surface area contributed by atoms with Crippen LogP contribution in [0, 0.1) is 11.8 Å². The van der Waals surface area contributed by atoms with Gasteiger partial charge in [-0.3, -0.25) is 19.7 Å². The third-order valence-electron chi connectivity index (χ3n) is 4.48. The van der Waals surface area contributed by atoms with Gasteiger partial charge in [-0.1, -0.05) is 27.7 Å². The van der Waals surface area contributed by atoms with Gasteiger partial charge < -0.3 is 19.7 Å². The minimum atomic E-state index is -1.35. The number of aliphatic hydroxyl groups is 1. The van der Waals surface area contributed by atoms with Crippen molar-refractivity contribution in [3.8, 4) is 0 Å². The van der Waals surface area contributed by atoms with E-state index in [0.29, 0.717) is 19.1 Å². The van der Waals surface area contributed by atoms with Gasteiger partial charge in [0.25, 0.3) is 0 Å². The zero-order chi connectivity index (χ0) is 22.1. The smallest absolute Gasteiger partial charge is 0.243 e. The van der Waals surface area contributed by atoms with Gasteiger partial charge >= 0.3 is 0 Å². The summed E-state index contributed by atoms with van der Waals surface area (Å²) in [6.45, 7) is 9.07. The lowest BCUT2D eigenvalue weighted by molar-refractivity contribution is -0.147. The molecule has 3 atom stereocenters. The molecular weight excluding hydrogens is 362 g/mol. The maximum absolute atomic E-state index is 12.8. The summed E-state index contributed by atoms with van der Waals surface area (Å²) >= 11 is 0. The molecule has 0 aromatic rings. The van der Waals surface area contributed by atoms with Crippen molar-refractivity contribution in [2.45, 2.75) is 71.7 Å². The minimum Gasteiger partial charge on any atom is -0.393 e. The minimum absolute atomic E-state index is 0.0777. The quantitative estimate of drug-likeness (QED) is 0.351. The van der Waals surface area contributed by atoms with Crippen molar-refractivity contribution in [1.29, 1.82) is 0 Å². The van der Waals surface area contributed by atoms with E-state index in [1.807, 2.05) is 27.7 Å². The third kappa shape index (κ3) is 8.48. The van der Waals surface area contributed by atoms with Crippen LogP contribution in [0.25, 0.3) is 0 Å². The van der Waals surface area contributed by atoms with Crippen LogP contribution >= 0.6 is 0 Å². The van der Waals surface area contributed by atoms with Crippen molar-refractivity contribution in [2.75, 3.05) is 20.6 Å². The molecule has 0 aromatic heterocycles. The van der Waals surface area contributed by atoms with Crippen LogP contribution in [0.15, 0.2) is 0 Å². The van der Waals surface area contributed by atoms with E-state index in [9.17, 15) is 24.3 Å². The van der Waals surface area contributed by atoms with Gasteiger partial charge in [0, 0.05) is 14.1 Å². The van der Waals surface area contributed by atoms with Crippen LogP contribution in [-0.2, 0) is 19.2 Å². The number of hydrogen-bond acceptors (Lipinski definition) is 6. The van der Waals surface area contributed by atoms with E-state index in [0.717, 1.165) is 6.29 Å². The van der Waals surface area contributed by atoms with Crippen molar-refractivity contribution >= 4 is 24.4 Å². The summed E-state index contributed by atoms with van der Waals surface area (Å²) < 4.78 is 0. The van der Waals surface area contributed by atoms with Crippen LogP contribution in [0.1, 0.15) is 53.9 Å². The summed E-state index contributed by atoms with van der Waals surface area (Å²) in [4.78, 5) is 51.0. The van der Waals surface area contributed by atoms with Crippen LogP contribution in [0.4, 0.5) is 0 Å². The Balaban J connectivity index is 5.51. The zero-order valence-electron chi connectivity index (χ0n) is 18.3. The molecule has 0 fully saturated rings. The molecule has 162 valence electrons. The molecule has 3 unspecified atom stereocenters. The molecule has 0 saturated carbocycles. The van der Waals surface area contributed by atoms with Gasteiger partial charge in [-0.2, -0.15) is 0 Å². The largest absolute Gasteiger partial charge is 0.393 e. The van der Waals surface area contributed by atoms with E-state index in [1.165, 1.54) is 30.8 Å². The molecule has 0 spiro atoms. The van der Waals surface area contributed by atoms with Crippen molar-refractivity contribution in [3.05, 3.63) is 0 Å². The number of nitrogens with one attached hydrogen (secondary N) is 1. The van der Waals surface area contributed by atoms with Gasteiger partial charge in [-0.05, 0) is 31.6 Å². The number of carbonyl (C=O) groups is 4. The van der Waals surface area contributed by atoms with E-state index < -0.39 is 23.7 Å². The fraction of sp³-hybridized carbons (Fsp3) is 0.800. The molecule has 0 aliphatic heterocycles. The molecule has 0 rings (SSSR count). The summed E-state index contributed by atoms with van der Waals surface area (Å²) in [7, 11) is 2.97. The van der Waals surface area contributed by atoms with Gasteiger partial charge in [0.1, 0.15) is 6.29 Å². The van der Waals surface area contributed by atoms with Gasteiger partial charge in [-0.15, -0.1) is 0 Å². The van der Waals surface area contributed by atoms with Crippen LogP contribution in [0.3, 0.4) is 0 Å². The number of aldehydes is 2. The van der Waals surface area contributed by atoms with Gasteiger partial charge in [0.2, 0.25) is 11.8 Å². The molecular formula is C20H37N3O5. The lowest BCUT2D eigenvalue weighted by atomic mass is 9.94. The summed E-state index contributed by atoms with van der Waals surface area (Å²) in [6.07, 6.45) is 1.40. The molecule has 0 bridgehead atoms. The Kier molecular flexibility index (Phi) is 11.1. The number of amides is 2. The van der Waals surface area contributed by atoms with E-state index >= 15 is 0 Å². The Morgan fingerprint density at radius 1 is 1.04 bits per heavy atom. The predicted octanol–water partition coefficient (Wildman–Crippen LogP) is 0.819.